The molecule has 0 aliphatic heterocycles. The smallest absolute Gasteiger partial charge is 0.267 e. The Kier molecular flexibility index (Phi) is 4.00. The Bertz CT molecular complexity index is 685. The fourth-order valence-electron chi connectivity index (χ4n) is 2.94. The summed E-state index contributed by atoms with van der Waals surface area (Å²) in [6.45, 7) is 2.18. The number of amides is 1. The fraction of sp³-hybridized carbons (Fsp3) is 0.333. The monoisotopic (exact) mass is 280 g/mol. The normalized spacial score (nSPS) is 20.6. The molecular weight excluding hydrogens is 260 g/mol. The van der Waals surface area contributed by atoms with Crippen LogP contribution in [0.15, 0.2) is 47.6 Å². The minimum Gasteiger partial charge on any atom is -0.267 e. The van der Waals surface area contributed by atoms with Crippen LogP contribution in [0.2, 0.25) is 0 Å². The van der Waals surface area contributed by atoms with E-state index in [0.717, 1.165) is 22.9 Å². The van der Waals surface area contributed by atoms with Crippen LogP contribution in [0.1, 0.15) is 43.0 Å². The number of hydrazone groups is 1. The molecule has 2 aromatic carbocycles. The summed E-state index contributed by atoms with van der Waals surface area (Å²) in [5.41, 5.74) is 4.54. The molecule has 1 atom stereocenters. The third-order valence-corrected chi connectivity index (χ3v) is 4.22. The van der Waals surface area contributed by atoms with E-state index in [9.17, 15) is 4.79 Å². The predicted octanol–water partition coefficient (Wildman–Crippen LogP) is 4.14. The van der Waals surface area contributed by atoms with Gasteiger partial charge in [-0.2, -0.15) is 5.10 Å². The van der Waals surface area contributed by atoms with Gasteiger partial charge in [0, 0.05) is 11.3 Å². The second-order valence-corrected chi connectivity index (χ2v) is 5.72. The van der Waals surface area contributed by atoms with Crippen molar-refractivity contribution in [2.45, 2.75) is 32.6 Å². The van der Waals surface area contributed by atoms with Gasteiger partial charge in [-0.25, -0.2) is 5.43 Å². The molecule has 0 radical (unpaired) electrons. The molecule has 1 amide bonds. The zero-order chi connectivity index (χ0) is 14.7. The largest absolute Gasteiger partial charge is 0.271 e. The maximum Gasteiger partial charge on any atom is 0.271 e. The quantitative estimate of drug-likeness (QED) is 0.825. The summed E-state index contributed by atoms with van der Waals surface area (Å²) in [6, 6.07) is 13.7. The number of hydrogen-bond acceptors (Lipinski definition) is 2. The molecule has 21 heavy (non-hydrogen) atoms. The summed E-state index contributed by atoms with van der Waals surface area (Å²) in [7, 11) is 0. The van der Waals surface area contributed by atoms with Crippen LogP contribution in [0.25, 0.3) is 10.8 Å². The van der Waals surface area contributed by atoms with Crippen molar-refractivity contribution in [2.24, 2.45) is 11.0 Å². The number of nitrogens with zero attached hydrogens (tertiary/aromatic N) is 1. The predicted molar refractivity (Wildman–Crippen MR) is 86.5 cm³/mol. The Morgan fingerprint density at radius 2 is 1.95 bits per heavy atom. The van der Waals surface area contributed by atoms with Crippen molar-refractivity contribution in [1.82, 2.24) is 5.43 Å². The second kappa shape index (κ2) is 6.08. The lowest BCUT2D eigenvalue weighted by Gasteiger charge is -2.19. The maximum absolute atomic E-state index is 12.4. The van der Waals surface area contributed by atoms with E-state index >= 15 is 0 Å². The van der Waals surface area contributed by atoms with E-state index in [1.54, 1.807) is 0 Å². The third kappa shape index (κ3) is 2.97. The number of carbonyl (C=O) groups excluding carboxylic acids is 1. The number of benzene rings is 2. The van der Waals surface area contributed by atoms with E-state index in [-0.39, 0.29) is 5.91 Å². The highest BCUT2D eigenvalue weighted by Gasteiger charge is 2.16. The highest BCUT2D eigenvalue weighted by atomic mass is 16.2. The molecule has 0 aromatic heterocycles. The number of hydrogen-bond donors (Lipinski definition) is 1. The van der Waals surface area contributed by atoms with Crippen molar-refractivity contribution in [1.29, 1.82) is 0 Å². The molecule has 1 unspecified atom stereocenters. The lowest BCUT2D eigenvalue weighted by atomic mass is 9.89. The Balaban J connectivity index is 1.83. The molecule has 1 saturated carbocycles. The average Bonchev–Trinajstić information content (AvgIpc) is 2.53. The van der Waals surface area contributed by atoms with E-state index in [1.165, 1.54) is 19.3 Å². The van der Waals surface area contributed by atoms with E-state index in [4.69, 9.17) is 0 Å². The third-order valence-electron chi connectivity index (χ3n) is 4.22. The summed E-state index contributed by atoms with van der Waals surface area (Å²) in [5.74, 6) is 0.351. The first-order valence-corrected chi connectivity index (χ1v) is 7.60. The molecular formula is C18H20N2O. The minimum atomic E-state index is -0.128. The second-order valence-electron chi connectivity index (χ2n) is 5.72. The van der Waals surface area contributed by atoms with Crippen LogP contribution < -0.4 is 5.43 Å². The van der Waals surface area contributed by atoms with Gasteiger partial charge in [0.2, 0.25) is 0 Å². The standard InChI is InChI=1S/C18H20N2O/c1-13-7-2-5-12-17(13)19-20-18(21)16-11-6-9-14-8-3-4-10-15(14)16/h3-4,6,8-11,13H,2,5,7,12H2,1H3,(H,20,21)/b19-17+. The summed E-state index contributed by atoms with van der Waals surface area (Å²) in [4.78, 5) is 12.4. The molecule has 3 rings (SSSR count). The van der Waals surface area contributed by atoms with Crippen LogP contribution in [0, 0.1) is 5.92 Å². The molecule has 0 bridgehead atoms. The Morgan fingerprint density at radius 3 is 2.81 bits per heavy atom. The number of fused-ring (bicyclic) bond motifs is 1. The van der Waals surface area contributed by atoms with Gasteiger partial charge in [0.05, 0.1) is 0 Å². The maximum atomic E-state index is 12.4. The van der Waals surface area contributed by atoms with E-state index < -0.39 is 0 Å². The molecule has 108 valence electrons. The zero-order valence-electron chi connectivity index (χ0n) is 12.3. The van der Waals surface area contributed by atoms with Crippen molar-refractivity contribution in [3.05, 3.63) is 48.0 Å². The highest BCUT2D eigenvalue weighted by Crippen LogP contribution is 2.21. The summed E-state index contributed by atoms with van der Waals surface area (Å²) >= 11 is 0. The van der Waals surface area contributed by atoms with Crippen LogP contribution in [-0.4, -0.2) is 11.6 Å². The van der Waals surface area contributed by atoms with Crippen molar-refractivity contribution in [3.63, 3.8) is 0 Å². The lowest BCUT2D eigenvalue weighted by molar-refractivity contribution is 0.0956. The van der Waals surface area contributed by atoms with Crippen LogP contribution in [-0.2, 0) is 0 Å². The highest BCUT2D eigenvalue weighted by molar-refractivity contribution is 6.07. The lowest BCUT2D eigenvalue weighted by Crippen LogP contribution is -2.24. The van der Waals surface area contributed by atoms with E-state index in [2.05, 4.69) is 17.5 Å². The van der Waals surface area contributed by atoms with Gasteiger partial charge in [0.15, 0.2) is 0 Å². The molecule has 1 N–H and O–H groups in total. The first-order chi connectivity index (χ1) is 10.3. The molecule has 1 aliphatic rings. The van der Waals surface area contributed by atoms with Gasteiger partial charge in [0.1, 0.15) is 0 Å². The van der Waals surface area contributed by atoms with Gasteiger partial charge in [-0.3, -0.25) is 4.79 Å². The Morgan fingerprint density at radius 1 is 1.14 bits per heavy atom. The van der Waals surface area contributed by atoms with Gasteiger partial charge < -0.3 is 0 Å². The molecule has 2 aromatic rings. The van der Waals surface area contributed by atoms with Crippen LogP contribution >= 0.6 is 0 Å². The number of nitrogens with one attached hydrogen (secondary N) is 1. The van der Waals surface area contributed by atoms with Crippen LogP contribution in [0.5, 0.6) is 0 Å². The summed E-state index contributed by atoms with van der Waals surface area (Å²) in [5, 5.41) is 6.40. The molecule has 1 aliphatic carbocycles. The van der Waals surface area contributed by atoms with Crippen LogP contribution in [0.4, 0.5) is 0 Å². The molecule has 0 heterocycles. The summed E-state index contributed by atoms with van der Waals surface area (Å²) in [6.07, 6.45) is 4.60. The first-order valence-electron chi connectivity index (χ1n) is 7.60. The molecule has 1 fully saturated rings. The van der Waals surface area contributed by atoms with Gasteiger partial charge >= 0.3 is 0 Å². The van der Waals surface area contributed by atoms with Gasteiger partial charge in [-0.15, -0.1) is 0 Å². The van der Waals surface area contributed by atoms with Gasteiger partial charge in [-0.1, -0.05) is 49.7 Å². The van der Waals surface area contributed by atoms with Crippen molar-refractivity contribution in [2.75, 3.05) is 0 Å². The Labute approximate surface area is 125 Å². The summed E-state index contributed by atoms with van der Waals surface area (Å²) < 4.78 is 0. The molecule has 0 saturated heterocycles. The zero-order valence-corrected chi connectivity index (χ0v) is 12.3. The fourth-order valence-corrected chi connectivity index (χ4v) is 2.94. The Hall–Kier alpha value is -2.16. The van der Waals surface area contributed by atoms with E-state index in [1.807, 2.05) is 42.5 Å². The SMILES string of the molecule is CC1CCCC/C1=N\NC(=O)c1cccc2ccccc12. The first kappa shape index (κ1) is 13.8. The van der Waals surface area contributed by atoms with Crippen molar-refractivity contribution < 1.29 is 4.79 Å². The van der Waals surface area contributed by atoms with E-state index in [0.29, 0.717) is 11.5 Å². The molecule has 0 spiro atoms. The van der Waals surface area contributed by atoms with Crippen molar-refractivity contribution >= 4 is 22.4 Å². The minimum absolute atomic E-state index is 0.128. The molecule has 3 nitrogen and oxygen atoms in total. The number of rotatable bonds is 2. The van der Waals surface area contributed by atoms with Crippen molar-refractivity contribution in [3.8, 4) is 0 Å². The van der Waals surface area contributed by atoms with Gasteiger partial charge in [-0.05, 0) is 42.0 Å². The average molecular weight is 280 g/mol. The topological polar surface area (TPSA) is 41.5 Å². The van der Waals surface area contributed by atoms with Crippen LogP contribution in [0.3, 0.4) is 0 Å². The number of carbonyl (C=O) groups is 1. The molecule has 3 heteroatoms. The van der Waals surface area contributed by atoms with Gasteiger partial charge in [0.25, 0.3) is 5.91 Å².